The number of carbonyl (C=O) groups is 1. The second kappa shape index (κ2) is 7.70. The third-order valence-corrected chi connectivity index (χ3v) is 7.21. The van der Waals surface area contributed by atoms with Crippen molar-refractivity contribution in [3.63, 3.8) is 0 Å². The van der Waals surface area contributed by atoms with Crippen molar-refractivity contribution in [2.24, 2.45) is 5.92 Å². The fourth-order valence-electron chi connectivity index (χ4n) is 5.23. The number of carbonyl (C=O) groups excluding carboxylic acids is 1. The highest BCUT2D eigenvalue weighted by Crippen LogP contribution is 2.57. The van der Waals surface area contributed by atoms with E-state index in [9.17, 15) is 9.90 Å². The summed E-state index contributed by atoms with van der Waals surface area (Å²) < 4.78 is 11.3. The van der Waals surface area contributed by atoms with E-state index in [0.29, 0.717) is 48.9 Å². The van der Waals surface area contributed by atoms with E-state index < -0.39 is 5.41 Å². The van der Waals surface area contributed by atoms with Gasteiger partial charge in [0.2, 0.25) is 17.7 Å². The second-order valence-electron chi connectivity index (χ2n) is 9.44. The SMILES string of the molecule is O=C1N([C@@H]2CCC[C@@H](O)C2)c2nc(Nc3cn[nH]c3OC[C@H]3CCOC3)ncc2C12CC2. The number of anilines is 3. The van der Waals surface area contributed by atoms with Gasteiger partial charge >= 0.3 is 0 Å². The van der Waals surface area contributed by atoms with Crippen LogP contribution in [0.25, 0.3) is 0 Å². The van der Waals surface area contributed by atoms with Gasteiger partial charge in [0.25, 0.3) is 0 Å². The average molecular weight is 441 g/mol. The molecule has 2 saturated carbocycles. The van der Waals surface area contributed by atoms with Crippen molar-refractivity contribution in [3.05, 3.63) is 18.0 Å². The van der Waals surface area contributed by atoms with Crippen molar-refractivity contribution in [2.45, 2.75) is 62.5 Å². The van der Waals surface area contributed by atoms with E-state index >= 15 is 0 Å². The molecule has 3 fully saturated rings. The van der Waals surface area contributed by atoms with Gasteiger partial charge in [0.05, 0.1) is 30.9 Å². The summed E-state index contributed by atoms with van der Waals surface area (Å²) >= 11 is 0. The summed E-state index contributed by atoms with van der Waals surface area (Å²) in [6.45, 7) is 2.04. The molecule has 0 unspecified atom stereocenters. The molecule has 0 radical (unpaired) electrons. The normalized spacial score (nSPS) is 28.2. The van der Waals surface area contributed by atoms with Crippen LogP contribution < -0.4 is 15.0 Å². The van der Waals surface area contributed by atoms with Crippen molar-refractivity contribution in [2.75, 3.05) is 30.0 Å². The first kappa shape index (κ1) is 19.9. The van der Waals surface area contributed by atoms with E-state index in [2.05, 4.69) is 20.5 Å². The van der Waals surface area contributed by atoms with Gasteiger partial charge in [0.1, 0.15) is 11.5 Å². The zero-order chi connectivity index (χ0) is 21.7. The number of rotatable bonds is 6. The van der Waals surface area contributed by atoms with Crippen LogP contribution in [0.3, 0.4) is 0 Å². The number of hydrogen-bond donors (Lipinski definition) is 3. The topological polar surface area (TPSA) is 125 Å². The lowest BCUT2D eigenvalue weighted by atomic mass is 9.92. The van der Waals surface area contributed by atoms with Crippen LogP contribution in [0, 0.1) is 5.92 Å². The third kappa shape index (κ3) is 3.32. The predicted octanol–water partition coefficient (Wildman–Crippen LogP) is 2.04. The van der Waals surface area contributed by atoms with Gasteiger partial charge < -0.3 is 19.9 Å². The van der Waals surface area contributed by atoms with Gasteiger partial charge in [-0.05, 0) is 44.9 Å². The number of aliphatic hydroxyl groups excluding tert-OH is 1. The Labute approximate surface area is 185 Å². The zero-order valence-corrected chi connectivity index (χ0v) is 17.9. The van der Waals surface area contributed by atoms with Crippen LogP contribution in [0.1, 0.15) is 50.5 Å². The summed E-state index contributed by atoms with van der Waals surface area (Å²) in [7, 11) is 0. The zero-order valence-electron chi connectivity index (χ0n) is 17.9. The fraction of sp³-hybridized carbons (Fsp3) is 0.636. The number of aromatic amines is 1. The van der Waals surface area contributed by atoms with E-state index in [0.717, 1.165) is 50.7 Å². The largest absolute Gasteiger partial charge is 0.476 e. The molecule has 6 rings (SSSR count). The molecule has 1 saturated heterocycles. The highest BCUT2D eigenvalue weighted by molar-refractivity contribution is 6.09. The minimum Gasteiger partial charge on any atom is -0.476 e. The molecule has 4 aliphatic rings. The maximum absolute atomic E-state index is 13.4. The fourth-order valence-corrected chi connectivity index (χ4v) is 5.23. The molecule has 10 heteroatoms. The van der Waals surface area contributed by atoms with E-state index in [1.54, 1.807) is 12.4 Å². The first-order valence-electron chi connectivity index (χ1n) is 11.5. The van der Waals surface area contributed by atoms with Crippen molar-refractivity contribution < 1.29 is 19.4 Å². The van der Waals surface area contributed by atoms with Crippen LogP contribution in [0.5, 0.6) is 5.88 Å². The van der Waals surface area contributed by atoms with Gasteiger partial charge in [-0.2, -0.15) is 10.1 Å². The number of hydrogen-bond acceptors (Lipinski definition) is 8. The molecule has 2 aliphatic heterocycles. The predicted molar refractivity (Wildman–Crippen MR) is 115 cm³/mol. The monoisotopic (exact) mass is 440 g/mol. The van der Waals surface area contributed by atoms with Crippen LogP contribution >= 0.6 is 0 Å². The molecule has 1 amide bonds. The maximum Gasteiger partial charge on any atom is 0.239 e. The highest BCUT2D eigenvalue weighted by atomic mass is 16.5. The minimum absolute atomic E-state index is 0.0193. The lowest BCUT2D eigenvalue weighted by molar-refractivity contribution is -0.121. The summed E-state index contributed by atoms with van der Waals surface area (Å²) in [6.07, 6.45) is 8.91. The molecular weight excluding hydrogens is 412 g/mol. The van der Waals surface area contributed by atoms with E-state index in [1.807, 2.05) is 4.90 Å². The number of aromatic nitrogens is 4. The molecule has 2 aliphatic carbocycles. The third-order valence-electron chi connectivity index (χ3n) is 7.21. The van der Waals surface area contributed by atoms with Crippen molar-refractivity contribution in [1.82, 2.24) is 20.2 Å². The van der Waals surface area contributed by atoms with Crippen molar-refractivity contribution in [1.29, 1.82) is 0 Å². The van der Waals surface area contributed by atoms with E-state index in [1.165, 1.54) is 0 Å². The first-order chi connectivity index (χ1) is 15.6. The first-order valence-corrected chi connectivity index (χ1v) is 11.5. The molecule has 3 N–H and O–H groups in total. The van der Waals surface area contributed by atoms with Gasteiger partial charge in [-0.1, -0.05) is 0 Å². The molecule has 1 spiro atoms. The number of ether oxygens (including phenoxy) is 2. The quantitative estimate of drug-likeness (QED) is 0.623. The molecule has 10 nitrogen and oxygen atoms in total. The van der Waals surface area contributed by atoms with Gasteiger partial charge in [0.15, 0.2) is 0 Å². The van der Waals surface area contributed by atoms with E-state index in [4.69, 9.17) is 14.5 Å². The number of nitrogens with one attached hydrogen (secondary N) is 2. The van der Waals surface area contributed by atoms with Crippen molar-refractivity contribution >= 4 is 23.4 Å². The Balaban J connectivity index is 1.24. The van der Waals surface area contributed by atoms with Crippen LogP contribution in [-0.4, -0.2) is 63.1 Å². The molecule has 32 heavy (non-hydrogen) atoms. The molecule has 3 atom stereocenters. The maximum atomic E-state index is 13.4. The Bertz CT molecular complexity index is 1020. The van der Waals surface area contributed by atoms with Crippen LogP contribution in [-0.2, 0) is 14.9 Å². The molecule has 2 aromatic heterocycles. The summed E-state index contributed by atoms with van der Waals surface area (Å²) in [5, 5.41) is 20.3. The number of fused-ring (bicyclic) bond motifs is 2. The average Bonchev–Trinajstić information content (AvgIpc) is 3.11. The Morgan fingerprint density at radius 1 is 1.31 bits per heavy atom. The van der Waals surface area contributed by atoms with Gasteiger partial charge in [0, 0.05) is 30.3 Å². The van der Waals surface area contributed by atoms with Crippen LogP contribution in [0.2, 0.25) is 0 Å². The van der Waals surface area contributed by atoms with Gasteiger partial charge in [-0.25, -0.2) is 10.1 Å². The lowest BCUT2D eigenvalue weighted by Crippen LogP contribution is -2.44. The summed E-state index contributed by atoms with van der Waals surface area (Å²) in [4.78, 5) is 24.5. The molecule has 2 aromatic rings. The van der Waals surface area contributed by atoms with E-state index in [-0.39, 0.29) is 18.1 Å². The van der Waals surface area contributed by atoms with Gasteiger partial charge in [-0.3, -0.25) is 9.69 Å². The van der Waals surface area contributed by atoms with Crippen LogP contribution in [0.4, 0.5) is 17.5 Å². The Morgan fingerprint density at radius 3 is 3.00 bits per heavy atom. The Morgan fingerprint density at radius 2 is 2.22 bits per heavy atom. The molecule has 0 aromatic carbocycles. The lowest BCUT2D eigenvalue weighted by Gasteiger charge is -2.33. The number of amides is 1. The smallest absolute Gasteiger partial charge is 0.239 e. The number of H-pyrrole nitrogens is 1. The molecular formula is C22H28N6O4. The minimum atomic E-state index is -0.455. The standard InChI is InChI=1S/C22H28N6O4/c29-15-3-1-2-14(8-15)28-18-16(22(5-6-22)20(28)30)9-23-21(26-18)25-17-10-24-27-19(17)32-12-13-4-7-31-11-13/h9-10,13-15,29H,1-8,11-12H2,(H,24,27)(H,23,25,26)/t13-,14+,15+/m0/s1. The molecule has 170 valence electrons. The van der Waals surface area contributed by atoms with Crippen molar-refractivity contribution in [3.8, 4) is 5.88 Å². The van der Waals surface area contributed by atoms with Crippen LogP contribution in [0.15, 0.2) is 12.4 Å². The second-order valence-corrected chi connectivity index (χ2v) is 9.44. The summed E-state index contributed by atoms with van der Waals surface area (Å²) in [5.41, 5.74) is 1.11. The molecule has 4 heterocycles. The summed E-state index contributed by atoms with van der Waals surface area (Å²) in [6, 6.07) is -0.0193. The Kier molecular flexibility index (Phi) is 4.80. The summed E-state index contributed by atoms with van der Waals surface area (Å²) in [5.74, 6) is 2.10. The Hall–Kier alpha value is -2.72. The molecule has 0 bridgehead atoms. The number of nitrogens with zero attached hydrogens (tertiary/aromatic N) is 4. The highest BCUT2D eigenvalue weighted by Gasteiger charge is 2.61. The van der Waals surface area contributed by atoms with Gasteiger partial charge in [-0.15, -0.1) is 0 Å². The number of aliphatic hydroxyl groups is 1.